The van der Waals surface area contributed by atoms with Gasteiger partial charge < -0.3 is 9.64 Å². The monoisotopic (exact) mass is 216 g/mol. The Morgan fingerprint density at radius 2 is 1.88 bits per heavy atom. The van der Waals surface area contributed by atoms with Gasteiger partial charge in [-0.25, -0.2) is 4.98 Å². The Labute approximate surface area is 95.7 Å². The van der Waals surface area contributed by atoms with E-state index in [4.69, 9.17) is 4.74 Å². The van der Waals surface area contributed by atoms with Crippen molar-refractivity contribution in [2.75, 3.05) is 25.6 Å². The predicted octanol–water partition coefficient (Wildman–Crippen LogP) is 2.70. The van der Waals surface area contributed by atoms with Gasteiger partial charge in [0.1, 0.15) is 11.6 Å². The maximum atomic E-state index is 5.57. The second kappa shape index (κ2) is 4.39. The molecule has 0 saturated carbocycles. The largest absolute Gasteiger partial charge is 0.492 e. The molecule has 0 atom stereocenters. The van der Waals surface area contributed by atoms with E-state index in [1.54, 1.807) is 6.20 Å². The summed E-state index contributed by atoms with van der Waals surface area (Å²) in [5, 5.41) is 2.24. The van der Waals surface area contributed by atoms with E-state index in [2.05, 4.69) is 17.1 Å². The number of nitrogens with zero attached hydrogens (tertiary/aromatic N) is 2. The third kappa shape index (κ3) is 1.81. The molecule has 1 heterocycles. The SMILES string of the molecule is CCOc1cnc(N(C)C)c2ccccc12. The van der Waals surface area contributed by atoms with Crippen molar-refractivity contribution in [2.24, 2.45) is 0 Å². The molecular formula is C13H16N2O. The number of hydrogen-bond donors (Lipinski definition) is 0. The number of ether oxygens (including phenoxy) is 1. The van der Waals surface area contributed by atoms with E-state index in [0.29, 0.717) is 6.61 Å². The van der Waals surface area contributed by atoms with Crippen LogP contribution in [0, 0.1) is 0 Å². The van der Waals surface area contributed by atoms with E-state index in [-0.39, 0.29) is 0 Å². The minimum atomic E-state index is 0.660. The van der Waals surface area contributed by atoms with Gasteiger partial charge in [0.2, 0.25) is 0 Å². The van der Waals surface area contributed by atoms with E-state index >= 15 is 0 Å². The number of hydrogen-bond acceptors (Lipinski definition) is 3. The summed E-state index contributed by atoms with van der Waals surface area (Å²) in [6, 6.07) is 8.17. The van der Waals surface area contributed by atoms with Crippen molar-refractivity contribution in [3.8, 4) is 5.75 Å². The van der Waals surface area contributed by atoms with Gasteiger partial charge >= 0.3 is 0 Å². The first kappa shape index (κ1) is 10.7. The fourth-order valence-electron chi connectivity index (χ4n) is 1.78. The number of pyridine rings is 1. The van der Waals surface area contributed by atoms with Crippen LogP contribution in [0.5, 0.6) is 5.75 Å². The zero-order chi connectivity index (χ0) is 11.5. The molecule has 0 spiro atoms. The van der Waals surface area contributed by atoms with Gasteiger partial charge in [0.15, 0.2) is 0 Å². The van der Waals surface area contributed by atoms with Gasteiger partial charge in [-0.15, -0.1) is 0 Å². The summed E-state index contributed by atoms with van der Waals surface area (Å²) < 4.78 is 5.57. The highest BCUT2D eigenvalue weighted by Gasteiger charge is 2.08. The molecule has 3 heteroatoms. The van der Waals surface area contributed by atoms with Crippen LogP contribution in [0.1, 0.15) is 6.92 Å². The molecule has 1 aromatic carbocycles. The molecule has 1 aromatic heterocycles. The van der Waals surface area contributed by atoms with Crippen LogP contribution in [-0.2, 0) is 0 Å². The Morgan fingerprint density at radius 1 is 1.19 bits per heavy atom. The van der Waals surface area contributed by atoms with Gasteiger partial charge in [-0.1, -0.05) is 24.3 Å². The van der Waals surface area contributed by atoms with Gasteiger partial charge in [0.05, 0.1) is 12.8 Å². The summed E-state index contributed by atoms with van der Waals surface area (Å²) in [4.78, 5) is 6.44. The molecule has 84 valence electrons. The lowest BCUT2D eigenvalue weighted by Crippen LogP contribution is -2.11. The molecular weight excluding hydrogens is 200 g/mol. The number of anilines is 1. The summed E-state index contributed by atoms with van der Waals surface area (Å²) in [5.41, 5.74) is 0. The van der Waals surface area contributed by atoms with Crippen LogP contribution >= 0.6 is 0 Å². The third-order valence-electron chi connectivity index (χ3n) is 2.46. The molecule has 0 bridgehead atoms. The summed E-state index contributed by atoms with van der Waals surface area (Å²) in [5.74, 6) is 1.82. The van der Waals surface area contributed by atoms with Gasteiger partial charge in [-0.05, 0) is 6.92 Å². The highest BCUT2D eigenvalue weighted by atomic mass is 16.5. The Morgan fingerprint density at radius 3 is 2.50 bits per heavy atom. The van der Waals surface area contributed by atoms with Crippen molar-refractivity contribution < 1.29 is 4.74 Å². The maximum absolute atomic E-state index is 5.57. The number of benzene rings is 1. The molecule has 0 unspecified atom stereocenters. The fraction of sp³-hybridized carbons (Fsp3) is 0.308. The lowest BCUT2D eigenvalue weighted by molar-refractivity contribution is 0.343. The average molecular weight is 216 g/mol. The van der Waals surface area contributed by atoms with E-state index in [1.807, 2.05) is 38.1 Å². The van der Waals surface area contributed by atoms with Crippen LogP contribution < -0.4 is 9.64 Å². The quantitative estimate of drug-likeness (QED) is 0.788. The van der Waals surface area contributed by atoms with Gasteiger partial charge in [0.25, 0.3) is 0 Å². The molecule has 0 aliphatic rings. The van der Waals surface area contributed by atoms with Crippen LogP contribution in [0.3, 0.4) is 0 Å². The molecule has 0 saturated heterocycles. The molecule has 0 amide bonds. The second-order valence-electron chi connectivity index (χ2n) is 3.82. The third-order valence-corrected chi connectivity index (χ3v) is 2.46. The predicted molar refractivity (Wildman–Crippen MR) is 67.2 cm³/mol. The molecule has 0 radical (unpaired) electrons. The number of aromatic nitrogens is 1. The van der Waals surface area contributed by atoms with Gasteiger partial charge in [0, 0.05) is 24.9 Å². The Hall–Kier alpha value is -1.77. The fourth-order valence-corrected chi connectivity index (χ4v) is 1.78. The van der Waals surface area contributed by atoms with Crippen molar-refractivity contribution in [3.63, 3.8) is 0 Å². The smallest absolute Gasteiger partial charge is 0.145 e. The molecule has 2 rings (SSSR count). The molecule has 0 aliphatic carbocycles. The summed E-state index contributed by atoms with van der Waals surface area (Å²) in [6.07, 6.45) is 1.79. The van der Waals surface area contributed by atoms with Crippen molar-refractivity contribution in [1.82, 2.24) is 4.98 Å². The number of rotatable bonds is 3. The summed E-state index contributed by atoms with van der Waals surface area (Å²) >= 11 is 0. The zero-order valence-corrected chi connectivity index (χ0v) is 9.90. The average Bonchev–Trinajstić information content (AvgIpc) is 2.29. The highest BCUT2D eigenvalue weighted by Crippen LogP contribution is 2.30. The first-order valence-corrected chi connectivity index (χ1v) is 5.42. The first-order chi connectivity index (χ1) is 7.74. The van der Waals surface area contributed by atoms with Crippen molar-refractivity contribution in [1.29, 1.82) is 0 Å². The Bertz CT molecular complexity index is 494. The standard InChI is InChI=1S/C13H16N2O/c1-4-16-12-9-14-13(15(2)3)11-8-6-5-7-10(11)12/h5-9H,4H2,1-3H3. The van der Waals surface area contributed by atoms with E-state index < -0.39 is 0 Å². The molecule has 16 heavy (non-hydrogen) atoms. The Kier molecular flexibility index (Phi) is 2.95. The normalized spacial score (nSPS) is 10.4. The first-order valence-electron chi connectivity index (χ1n) is 5.42. The van der Waals surface area contributed by atoms with Crippen molar-refractivity contribution in [2.45, 2.75) is 6.92 Å². The molecule has 0 fully saturated rings. The van der Waals surface area contributed by atoms with Crippen molar-refractivity contribution >= 4 is 16.6 Å². The van der Waals surface area contributed by atoms with Crippen LogP contribution in [0.4, 0.5) is 5.82 Å². The van der Waals surface area contributed by atoms with E-state index in [1.165, 1.54) is 0 Å². The van der Waals surface area contributed by atoms with Crippen molar-refractivity contribution in [3.05, 3.63) is 30.5 Å². The molecule has 3 nitrogen and oxygen atoms in total. The molecule has 0 aliphatic heterocycles. The van der Waals surface area contributed by atoms with E-state index in [0.717, 1.165) is 22.3 Å². The van der Waals surface area contributed by atoms with Crippen LogP contribution in [-0.4, -0.2) is 25.7 Å². The topological polar surface area (TPSA) is 25.4 Å². The van der Waals surface area contributed by atoms with Crippen LogP contribution in [0.2, 0.25) is 0 Å². The number of fused-ring (bicyclic) bond motifs is 1. The Balaban J connectivity index is 2.67. The lowest BCUT2D eigenvalue weighted by atomic mass is 10.1. The lowest BCUT2D eigenvalue weighted by Gasteiger charge is -2.15. The second-order valence-corrected chi connectivity index (χ2v) is 3.82. The molecule has 2 aromatic rings. The van der Waals surface area contributed by atoms with E-state index in [9.17, 15) is 0 Å². The zero-order valence-electron chi connectivity index (χ0n) is 9.90. The van der Waals surface area contributed by atoms with Crippen LogP contribution in [0.15, 0.2) is 30.5 Å². The minimum absolute atomic E-state index is 0.660. The highest BCUT2D eigenvalue weighted by molar-refractivity contribution is 5.96. The minimum Gasteiger partial charge on any atom is -0.492 e. The van der Waals surface area contributed by atoms with Gasteiger partial charge in [-0.3, -0.25) is 0 Å². The van der Waals surface area contributed by atoms with Gasteiger partial charge in [-0.2, -0.15) is 0 Å². The van der Waals surface area contributed by atoms with Crippen LogP contribution in [0.25, 0.3) is 10.8 Å². The molecule has 0 N–H and O–H groups in total. The maximum Gasteiger partial charge on any atom is 0.145 e. The summed E-state index contributed by atoms with van der Waals surface area (Å²) in [6.45, 7) is 2.64. The summed E-state index contributed by atoms with van der Waals surface area (Å²) in [7, 11) is 3.99.